The van der Waals surface area contributed by atoms with E-state index in [1.165, 1.54) is 31.2 Å². The number of carbonyl (C=O) groups excluding carboxylic acids is 1. The number of hydrogen-bond acceptors (Lipinski definition) is 2. The monoisotopic (exact) mass is 287 g/mol. The van der Waals surface area contributed by atoms with Crippen LogP contribution in [0.25, 0.3) is 0 Å². The standard InChI is InChI=1S/C17H25N3O/c1-2-20(14-10-16-7-11-18-12-8-16)17(21)19-13-9-15-5-3-4-6-15/h7-9,11-13,15H,2-6,10,14H2,1H3,(H,19,21)/b13-9+. The Balaban J connectivity index is 1.75. The van der Waals surface area contributed by atoms with Crippen LogP contribution in [0.1, 0.15) is 38.2 Å². The maximum atomic E-state index is 12.1. The molecule has 1 aromatic rings. The van der Waals surface area contributed by atoms with Crippen LogP contribution >= 0.6 is 0 Å². The van der Waals surface area contributed by atoms with Gasteiger partial charge in [0, 0.05) is 31.7 Å². The second-order valence-corrected chi connectivity index (χ2v) is 5.54. The van der Waals surface area contributed by atoms with Gasteiger partial charge in [0.2, 0.25) is 0 Å². The molecule has 0 unspecified atom stereocenters. The minimum atomic E-state index is -0.0131. The smallest absolute Gasteiger partial charge is 0.321 e. The van der Waals surface area contributed by atoms with Gasteiger partial charge in [-0.25, -0.2) is 4.79 Å². The number of likely N-dealkylation sites (N-methyl/N-ethyl adjacent to an activating group) is 1. The van der Waals surface area contributed by atoms with Crippen molar-refractivity contribution in [1.29, 1.82) is 0 Å². The molecule has 0 saturated heterocycles. The first-order valence-corrected chi connectivity index (χ1v) is 7.90. The molecule has 0 spiro atoms. The molecule has 0 radical (unpaired) electrons. The number of aromatic nitrogens is 1. The van der Waals surface area contributed by atoms with E-state index in [0.29, 0.717) is 12.5 Å². The summed E-state index contributed by atoms with van der Waals surface area (Å²) in [5.74, 6) is 0.650. The molecule has 0 bridgehead atoms. The molecular weight excluding hydrogens is 262 g/mol. The van der Waals surface area contributed by atoms with Crippen LogP contribution in [0, 0.1) is 5.92 Å². The molecule has 1 aromatic heterocycles. The molecule has 0 aromatic carbocycles. The molecule has 0 atom stereocenters. The number of nitrogens with one attached hydrogen (secondary N) is 1. The lowest BCUT2D eigenvalue weighted by atomic mass is 10.1. The molecule has 4 nitrogen and oxygen atoms in total. The Bertz CT molecular complexity index is 452. The Labute approximate surface area is 127 Å². The van der Waals surface area contributed by atoms with Crippen LogP contribution in [0.5, 0.6) is 0 Å². The molecule has 1 aliphatic carbocycles. The fraction of sp³-hybridized carbons (Fsp3) is 0.529. The third-order valence-corrected chi connectivity index (χ3v) is 4.06. The number of allylic oxidation sites excluding steroid dienone is 1. The minimum absolute atomic E-state index is 0.0131. The van der Waals surface area contributed by atoms with Gasteiger partial charge in [0.15, 0.2) is 0 Å². The predicted octanol–water partition coefficient (Wildman–Crippen LogP) is 3.36. The molecular formula is C17H25N3O. The van der Waals surface area contributed by atoms with Crippen LogP contribution < -0.4 is 5.32 Å². The van der Waals surface area contributed by atoms with E-state index >= 15 is 0 Å². The normalized spacial score (nSPS) is 15.5. The van der Waals surface area contributed by atoms with Gasteiger partial charge in [-0.05, 0) is 49.8 Å². The number of nitrogens with zero attached hydrogens (tertiary/aromatic N) is 2. The van der Waals surface area contributed by atoms with Crippen molar-refractivity contribution < 1.29 is 4.79 Å². The number of hydrogen-bond donors (Lipinski definition) is 1. The fourth-order valence-corrected chi connectivity index (χ4v) is 2.71. The molecule has 21 heavy (non-hydrogen) atoms. The minimum Gasteiger partial charge on any atom is -0.324 e. The third-order valence-electron chi connectivity index (χ3n) is 4.06. The average molecular weight is 287 g/mol. The number of rotatable bonds is 6. The number of pyridine rings is 1. The van der Waals surface area contributed by atoms with Gasteiger partial charge in [-0.1, -0.05) is 18.9 Å². The second-order valence-electron chi connectivity index (χ2n) is 5.54. The van der Waals surface area contributed by atoms with Crippen molar-refractivity contribution in [1.82, 2.24) is 15.2 Å². The zero-order valence-corrected chi connectivity index (χ0v) is 12.8. The van der Waals surface area contributed by atoms with Crippen LogP contribution in [0.15, 0.2) is 36.8 Å². The molecule has 1 fully saturated rings. The largest absolute Gasteiger partial charge is 0.324 e. The SMILES string of the molecule is CCN(CCc1ccncc1)C(=O)N/C=C/C1CCCC1. The van der Waals surface area contributed by atoms with Gasteiger partial charge in [-0.2, -0.15) is 0 Å². The lowest BCUT2D eigenvalue weighted by Crippen LogP contribution is -2.38. The van der Waals surface area contributed by atoms with Gasteiger partial charge in [-0.15, -0.1) is 0 Å². The third kappa shape index (κ3) is 5.21. The highest BCUT2D eigenvalue weighted by Crippen LogP contribution is 2.25. The predicted molar refractivity (Wildman–Crippen MR) is 84.8 cm³/mol. The summed E-state index contributed by atoms with van der Waals surface area (Å²) in [6, 6.07) is 3.97. The molecule has 2 amide bonds. The van der Waals surface area contributed by atoms with E-state index in [-0.39, 0.29) is 6.03 Å². The maximum absolute atomic E-state index is 12.1. The Morgan fingerprint density at radius 2 is 2.10 bits per heavy atom. The first-order chi connectivity index (χ1) is 10.3. The first-order valence-electron chi connectivity index (χ1n) is 7.90. The highest BCUT2D eigenvalue weighted by Gasteiger charge is 2.12. The number of amides is 2. The van der Waals surface area contributed by atoms with Crippen molar-refractivity contribution in [3.8, 4) is 0 Å². The Morgan fingerprint density at radius 3 is 2.76 bits per heavy atom. The van der Waals surface area contributed by atoms with Gasteiger partial charge < -0.3 is 10.2 Å². The maximum Gasteiger partial charge on any atom is 0.321 e. The Hall–Kier alpha value is -1.84. The van der Waals surface area contributed by atoms with Crippen molar-refractivity contribution in [2.75, 3.05) is 13.1 Å². The number of urea groups is 1. The molecule has 1 saturated carbocycles. The summed E-state index contributed by atoms with van der Waals surface area (Å²) in [6.07, 6.45) is 13.5. The Kier molecular flexibility index (Phi) is 6.25. The Morgan fingerprint density at radius 1 is 1.38 bits per heavy atom. The van der Waals surface area contributed by atoms with Gasteiger partial charge in [0.25, 0.3) is 0 Å². The summed E-state index contributed by atoms with van der Waals surface area (Å²) >= 11 is 0. The van der Waals surface area contributed by atoms with Crippen molar-refractivity contribution in [2.45, 2.75) is 39.0 Å². The lowest BCUT2D eigenvalue weighted by Gasteiger charge is -2.20. The topological polar surface area (TPSA) is 45.2 Å². The van der Waals surface area contributed by atoms with Crippen molar-refractivity contribution >= 4 is 6.03 Å². The number of carbonyl (C=O) groups is 1. The first kappa shape index (κ1) is 15.5. The quantitative estimate of drug-likeness (QED) is 0.872. The van der Waals surface area contributed by atoms with Crippen LogP contribution in [0.2, 0.25) is 0 Å². The van der Waals surface area contributed by atoms with E-state index in [9.17, 15) is 4.79 Å². The average Bonchev–Trinajstić information content (AvgIpc) is 3.02. The zero-order valence-electron chi connectivity index (χ0n) is 12.8. The molecule has 1 heterocycles. The summed E-state index contributed by atoms with van der Waals surface area (Å²) in [5.41, 5.74) is 1.21. The van der Waals surface area contributed by atoms with Crippen LogP contribution in [-0.2, 0) is 6.42 Å². The van der Waals surface area contributed by atoms with Gasteiger partial charge in [-0.3, -0.25) is 4.98 Å². The fourth-order valence-electron chi connectivity index (χ4n) is 2.71. The second kappa shape index (κ2) is 8.45. The summed E-state index contributed by atoms with van der Waals surface area (Å²) in [4.78, 5) is 18.0. The van der Waals surface area contributed by atoms with Crippen molar-refractivity contribution in [3.05, 3.63) is 42.4 Å². The van der Waals surface area contributed by atoms with Crippen LogP contribution in [-0.4, -0.2) is 29.0 Å². The summed E-state index contributed by atoms with van der Waals surface area (Å²) in [5, 5.41) is 2.89. The van der Waals surface area contributed by atoms with Crippen molar-refractivity contribution in [3.63, 3.8) is 0 Å². The van der Waals surface area contributed by atoms with Crippen LogP contribution in [0.3, 0.4) is 0 Å². The van der Waals surface area contributed by atoms with Gasteiger partial charge in [0.05, 0.1) is 0 Å². The van der Waals surface area contributed by atoms with E-state index in [0.717, 1.165) is 13.0 Å². The molecule has 4 heteroatoms. The summed E-state index contributed by atoms with van der Waals surface area (Å²) in [6.45, 7) is 3.45. The van der Waals surface area contributed by atoms with E-state index in [4.69, 9.17) is 0 Å². The van der Waals surface area contributed by atoms with E-state index in [1.54, 1.807) is 12.4 Å². The van der Waals surface area contributed by atoms with E-state index in [2.05, 4.69) is 16.4 Å². The van der Waals surface area contributed by atoms with E-state index < -0.39 is 0 Å². The van der Waals surface area contributed by atoms with Crippen molar-refractivity contribution in [2.24, 2.45) is 5.92 Å². The van der Waals surface area contributed by atoms with Crippen LogP contribution in [0.4, 0.5) is 4.79 Å². The molecule has 2 rings (SSSR count). The molecule has 0 aliphatic heterocycles. The highest BCUT2D eigenvalue weighted by atomic mass is 16.2. The zero-order chi connectivity index (χ0) is 14.9. The lowest BCUT2D eigenvalue weighted by molar-refractivity contribution is 0.205. The molecule has 114 valence electrons. The summed E-state index contributed by atoms with van der Waals surface area (Å²) in [7, 11) is 0. The summed E-state index contributed by atoms with van der Waals surface area (Å²) < 4.78 is 0. The highest BCUT2D eigenvalue weighted by molar-refractivity contribution is 5.75. The van der Waals surface area contributed by atoms with Gasteiger partial charge in [0.1, 0.15) is 0 Å². The molecule has 1 N–H and O–H groups in total. The molecule has 1 aliphatic rings. The van der Waals surface area contributed by atoms with Gasteiger partial charge >= 0.3 is 6.03 Å². The van der Waals surface area contributed by atoms with E-state index in [1.807, 2.05) is 30.2 Å².